The quantitative estimate of drug-likeness (QED) is 0.676. The summed E-state index contributed by atoms with van der Waals surface area (Å²) in [6, 6.07) is 11.8. The van der Waals surface area contributed by atoms with E-state index >= 15 is 0 Å². The number of benzene rings is 2. The largest absolute Gasteiger partial charge is 0.337 e. The first-order valence-corrected chi connectivity index (χ1v) is 6.69. The van der Waals surface area contributed by atoms with Crippen LogP contribution in [0.5, 0.6) is 5.75 Å². The molecule has 0 unspecified atom stereocenters. The highest BCUT2D eigenvalue weighted by molar-refractivity contribution is 6.31. The number of fused-ring (bicyclic) bond motifs is 2. The molecule has 0 bridgehead atoms. The van der Waals surface area contributed by atoms with Crippen LogP contribution >= 0.6 is 11.6 Å². The van der Waals surface area contributed by atoms with Gasteiger partial charge in [-0.15, -0.1) is 0 Å². The molecule has 0 fully saturated rings. The lowest BCUT2D eigenvalue weighted by Crippen LogP contribution is -1.98. The molecule has 1 aromatic heterocycles. The molecule has 0 saturated carbocycles. The molecule has 3 aromatic rings. The van der Waals surface area contributed by atoms with E-state index in [1.54, 1.807) is 0 Å². The fourth-order valence-electron chi connectivity index (χ4n) is 2.40. The third-order valence-electron chi connectivity index (χ3n) is 3.43. The summed E-state index contributed by atoms with van der Waals surface area (Å²) in [6.07, 6.45) is 1.82. The van der Waals surface area contributed by atoms with Crippen LogP contribution in [0.4, 0.5) is 0 Å². The number of nitrogens with zero attached hydrogens (tertiary/aromatic N) is 2. The molecule has 5 heteroatoms. The Morgan fingerprint density at radius 1 is 1.20 bits per heavy atom. The molecule has 2 aromatic carbocycles. The topological polar surface area (TPSA) is 36.3 Å². The van der Waals surface area contributed by atoms with Gasteiger partial charge in [0, 0.05) is 17.1 Å². The second kappa shape index (κ2) is 4.51. The first kappa shape index (κ1) is 11.8. The second-order valence-corrected chi connectivity index (χ2v) is 5.23. The van der Waals surface area contributed by atoms with Crippen molar-refractivity contribution in [3.63, 3.8) is 0 Å². The zero-order valence-corrected chi connectivity index (χ0v) is 11.3. The van der Waals surface area contributed by atoms with Gasteiger partial charge in [-0.25, -0.2) is 4.98 Å². The summed E-state index contributed by atoms with van der Waals surface area (Å²) >= 11 is 6.05. The van der Waals surface area contributed by atoms with Gasteiger partial charge in [0.2, 0.25) is 0 Å². The molecule has 0 spiro atoms. The van der Waals surface area contributed by atoms with E-state index in [1.165, 1.54) is 0 Å². The van der Waals surface area contributed by atoms with Crippen LogP contribution in [0, 0.1) is 0 Å². The predicted octanol–water partition coefficient (Wildman–Crippen LogP) is 3.56. The SMILES string of the molecule is Clc1ccc2ncn(Cc3ccc4c(c3)OOC4)c2c1. The summed E-state index contributed by atoms with van der Waals surface area (Å²) in [7, 11) is 0. The maximum absolute atomic E-state index is 6.05. The van der Waals surface area contributed by atoms with Crippen molar-refractivity contribution in [2.24, 2.45) is 0 Å². The summed E-state index contributed by atoms with van der Waals surface area (Å²) in [5.74, 6) is 0.796. The average Bonchev–Trinajstić information content (AvgIpc) is 3.05. The van der Waals surface area contributed by atoms with E-state index in [2.05, 4.69) is 15.6 Å². The molecule has 0 saturated heterocycles. The third kappa shape index (κ3) is 1.94. The van der Waals surface area contributed by atoms with Crippen molar-refractivity contribution in [2.45, 2.75) is 13.2 Å². The van der Waals surface area contributed by atoms with Crippen LogP contribution in [0.15, 0.2) is 42.7 Å². The number of halogens is 1. The lowest BCUT2D eigenvalue weighted by molar-refractivity contribution is -0.194. The molecule has 1 aliphatic rings. The molecule has 0 aliphatic carbocycles. The van der Waals surface area contributed by atoms with Gasteiger partial charge in [0.25, 0.3) is 0 Å². The average molecular weight is 287 g/mol. The Hall–Kier alpha value is -2.04. The molecule has 20 heavy (non-hydrogen) atoms. The molecular weight excluding hydrogens is 276 g/mol. The van der Waals surface area contributed by atoms with Gasteiger partial charge in [-0.2, -0.15) is 4.89 Å². The number of aromatic nitrogens is 2. The molecule has 0 amide bonds. The summed E-state index contributed by atoms with van der Waals surface area (Å²) in [6.45, 7) is 1.23. The van der Waals surface area contributed by atoms with Crippen molar-refractivity contribution in [1.29, 1.82) is 0 Å². The fourth-order valence-corrected chi connectivity index (χ4v) is 2.57. The standard InChI is InChI=1S/C15H11ClN2O2/c16-12-3-4-13-14(6-12)18(9-17-13)7-10-1-2-11-8-19-20-15(11)5-10/h1-6,9H,7-8H2. The van der Waals surface area contributed by atoms with E-state index in [0.29, 0.717) is 18.2 Å². The van der Waals surface area contributed by atoms with Crippen molar-refractivity contribution in [2.75, 3.05) is 0 Å². The van der Waals surface area contributed by atoms with Gasteiger partial charge in [0.05, 0.1) is 17.4 Å². The second-order valence-electron chi connectivity index (χ2n) is 4.79. The van der Waals surface area contributed by atoms with Crippen LogP contribution in [0.25, 0.3) is 11.0 Å². The lowest BCUT2D eigenvalue weighted by atomic mass is 10.1. The van der Waals surface area contributed by atoms with Gasteiger partial charge in [-0.3, -0.25) is 0 Å². The highest BCUT2D eigenvalue weighted by atomic mass is 35.5. The third-order valence-corrected chi connectivity index (χ3v) is 3.67. The molecule has 1 aliphatic heterocycles. The van der Waals surface area contributed by atoms with Gasteiger partial charge in [-0.1, -0.05) is 23.7 Å². The van der Waals surface area contributed by atoms with E-state index in [0.717, 1.165) is 27.9 Å². The van der Waals surface area contributed by atoms with Crippen LogP contribution in [0.3, 0.4) is 0 Å². The maximum atomic E-state index is 6.05. The van der Waals surface area contributed by atoms with Gasteiger partial charge < -0.3 is 9.45 Å². The predicted molar refractivity (Wildman–Crippen MR) is 75.7 cm³/mol. The Morgan fingerprint density at radius 3 is 3.10 bits per heavy atom. The summed E-state index contributed by atoms with van der Waals surface area (Å²) in [5.41, 5.74) is 4.17. The Balaban J connectivity index is 1.72. The van der Waals surface area contributed by atoms with Crippen LogP contribution in [-0.4, -0.2) is 9.55 Å². The normalized spacial score (nSPS) is 13.4. The van der Waals surface area contributed by atoms with E-state index in [1.807, 2.05) is 36.7 Å². The minimum absolute atomic E-state index is 0.513. The van der Waals surface area contributed by atoms with Crippen molar-refractivity contribution < 1.29 is 9.78 Å². The zero-order valence-electron chi connectivity index (χ0n) is 10.5. The van der Waals surface area contributed by atoms with Crippen molar-refractivity contribution in [1.82, 2.24) is 9.55 Å². The van der Waals surface area contributed by atoms with Crippen LogP contribution < -0.4 is 4.89 Å². The number of hydrogen-bond acceptors (Lipinski definition) is 3. The molecule has 0 N–H and O–H groups in total. The fraction of sp³-hybridized carbons (Fsp3) is 0.133. The maximum Gasteiger partial charge on any atom is 0.171 e. The number of imidazole rings is 1. The molecule has 0 atom stereocenters. The molecule has 4 nitrogen and oxygen atoms in total. The van der Waals surface area contributed by atoms with Gasteiger partial charge in [-0.05, 0) is 29.8 Å². The molecule has 0 radical (unpaired) electrons. The molecule has 4 rings (SSSR count). The first-order chi connectivity index (χ1) is 9.79. The van der Waals surface area contributed by atoms with E-state index in [4.69, 9.17) is 21.4 Å². The highest BCUT2D eigenvalue weighted by Gasteiger charge is 2.14. The van der Waals surface area contributed by atoms with Crippen molar-refractivity contribution in [3.8, 4) is 5.75 Å². The Kier molecular flexibility index (Phi) is 2.65. The van der Waals surface area contributed by atoms with Gasteiger partial charge in [0.15, 0.2) is 5.75 Å². The Morgan fingerprint density at radius 2 is 2.15 bits per heavy atom. The summed E-state index contributed by atoms with van der Waals surface area (Å²) < 4.78 is 2.07. The first-order valence-electron chi connectivity index (χ1n) is 6.31. The van der Waals surface area contributed by atoms with Gasteiger partial charge >= 0.3 is 0 Å². The van der Waals surface area contributed by atoms with Crippen LogP contribution in [-0.2, 0) is 18.0 Å². The minimum atomic E-state index is 0.513. The molecule has 2 heterocycles. The highest BCUT2D eigenvalue weighted by Crippen LogP contribution is 2.28. The Labute approximate surface area is 120 Å². The van der Waals surface area contributed by atoms with Crippen molar-refractivity contribution in [3.05, 3.63) is 58.9 Å². The summed E-state index contributed by atoms with van der Waals surface area (Å²) in [4.78, 5) is 14.5. The molecule has 100 valence electrons. The van der Waals surface area contributed by atoms with E-state index < -0.39 is 0 Å². The zero-order chi connectivity index (χ0) is 13.5. The van der Waals surface area contributed by atoms with Gasteiger partial charge in [0.1, 0.15) is 6.61 Å². The lowest BCUT2D eigenvalue weighted by Gasteiger charge is -2.06. The van der Waals surface area contributed by atoms with Crippen molar-refractivity contribution >= 4 is 22.6 Å². The number of rotatable bonds is 2. The van der Waals surface area contributed by atoms with Crippen LogP contribution in [0.1, 0.15) is 11.1 Å². The monoisotopic (exact) mass is 286 g/mol. The van der Waals surface area contributed by atoms with E-state index in [9.17, 15) is 0 Å². The smallest absolute Gasteiger partial charge is 0.171 e. The summed E-state index contributed by atoms with van der Waals surface area (Å²) in [5, 5.41) is 0.713. The molecular formula is C15H11ClN2O2. The Bertz CT molecular complexity index is 798. The van der Waals surface area contributed by atoms with Crippen LogP contribution in [0.2, 0.25) is 5.02 Å². The number of hydrogen-bond donors (Lipinski definition) is 0. The van der Waals surface area contributed by atoms with E-state index in [-0.39, 0.29) is 0 Å². The minimum Gasteiger partial charge on any atom is -0.337 e.